The van der Waals surface area contributed by atoms with Crippen LogP contribution < -0.4 is 4.74 Å². The number of rotatable bonds is 4. The molecule has 0 aliphatic carbocycles. The summed E-state index contributed by atoms with van der Waals surface area (Å²) in [4.78, 5) is 12.3. The number of hydrogen-bond donors (Lipinski definition) is 0. The number of methoxy groups -OCH3 is 1. The van der Waals surface area contributed by atoms with E-state index in [4.69, 9.17) is 4.74 Å². The van der Waals surface area contributed by atoms with Gasteiger partial charge in [-0.15, -0.1) is 0 Å². The van der Waals surface area contributed by atoms with Gasteiger partial charge < -0.3 is 4.74 Å². The molecule has 0 aliphatic rings. The lowest BCUT2D eigenvalue weighted by atomic mass is 10.0. The van der Waals surface area contributed by atoms with E-state index >= 15 is 0 Å². The van der Waals surface area contributed by atoms with Gasteiger partial charge in [-0.05, 0) is 37.1 Å². The molecule has 2 aromatic rings. The number of benzene rings is 2. The van der Waals surface area contributed by atoms with Crippen molar-refractivity contribution in [1.29, 1.82) is 0 Å². The molecule has 0 aromatic heterocycles. The molecule has 0 atom stereocenters. The third kappa shape index (κ3) is 3.15. The SMILES string of the molecule is COc1cccc(C)c1C(=O)/C=C/c1cccc(C)c1. The van der Waals surface area contributed by atoms with Crippen LogP contribution in [0.25, 0.3) is 6.08 Å². The summed E-state index contributed by atoms with van der Waals surface area (Å²) in [7, 11) is 1.58. The van der Waals surface area contributed by atoms with Crippen LogP contribution in [-0.2, 0) is 0 Å². The Morgan fingerprint density at radius 3 is 2.55 bits per heavy atom. The van der Waals surface area contributed by atoms with Gasteiger partial charge in [0, 0.05) is 0 Å². The highest BCUT2D eigenvalue weighted by Gasteiger charge is 2.12. The predicted molar refractivity (Wildman–Crippen MR) is 82.3 cm³/mol. The normalized spacial score (nSPS) is 10.8. The zero-order valence-electron chi connectivity index (χ0n) is 12.0. The van der Waals surface area contributed by atoms with E-state index in [1.807, 2.05) is 56.3 Å². The highest BCUT2D eigenvalue weighted by molar-refractivity contribution is 6.09. The first-order chi connectivity index (χ1) is 9.61. The summed E-state index contributed by atoms with van der Waals surface area (Å²) in [6.45, 7) is 3.94. The monoisotopic (exact) mass is 266 g/mol. The number of allylic oxidation sites excluding steroid dienone is 1. The highest BCUT2D eigenvalue weighted by atomic mass is 16.5. The van der Waals surface area contributed by atoms with Gasteiger partial charge in [-0.25, -0.2) is 0 Å². The number of carbonyl (C=O) groups is 1. The Bertz CT molecular complexity index is 654. The summed E-state index contributed by atoms with van der Waals surface area (Å²) in [5, 5.41) is 0. The lowest BCUT2D eigenvalue weighted by Gasteiger charge is -2.08. The zero-order chi connectivity index (χ0) is 14.5. The van der Waals surface area contributed by atoms with Crippen molar-refractivity contribution in [3.63, 3.8) is 0 Å². The maximum Gasteiger partial charge on any atom is 0.189 e. The molecule has 0 bridgehead atoms. The molecule has 0 saturated carbocycles. The lowest BCUT2D eigenvalue weighted by Crippen LogP contribution is -2.01. The van der Waals surface area contributed by atoms with E-state index in [-0.39, 0.29) is 5.78 Å². The zero-order valence-corrected chi connectivity index (χ0v) is 12.0. The van der Waals surface area contributed by atoms with Crippen molar-refractivity contribution in [3.8, 4) is 5.75 Å². The molecule has 0 spiro atoms. The van der Waals surface area contributed by atoms with Crippen molar-refractivity contribution in [1.82, 2.24) is 0 Å². The number of aryl methyl sites for hydroxylation is 2. The molecule has 0 N–H and O–H groups in total. The van der Waals surface area contributed by atoms with Crippen LogP contribution in [0.1, 0.15) is 27.0 Å². The smallest absolute Gasteiger partial charge is 0.189 e. The van der Waals surface area contributed by atoms with Gasteiger partial charge in [0.25, 0.3) is 0 Å². The summed E-state index contributed by atoms with van der Waals surface area (Å²) in [6.07, 6.45) is 3.43. The minimum Gasteiger partial charge on any atom is -0.496 e. The number of carbonyl (C=O) groups excluding carboxylic acids is 1. The largest absolute Gasteiger partial charge is 0.496 e. The van der Waals surface area contributed by atoms with E-state index in [2.05, 4.69) is 0 Å². The van der Waals surface area contributed by atoms with Gasteiger partial charge in [0.15, 0.2) is 5.78 Å². The third-order valence-electron chi connectivity index (χ3n) is 3.17. The van der Waals surface area contributed by atoms with E-state index in [1.165, 1.54) is 5.56 Å². The Labute approximate surface area is 119 Å². The number of ketones is 1. The summed E-state index contributed by atoms with van der Waals surface area (Å²) < 4.78 is 5.26. The molecule has 0 amide bonds. The third-order valence-corrected chi connectivity index (χ3v) is 3.17. The second-order valence-corrected chi connectivity index (χ2v) is 4.76. The maximum absolute atomic E-state index is 12.3. The van der Waals surface area contributed by atoms with Crippen LogP contribution >= 0.6 is 0 Å². The van der Waals surface area contributed by atoms with Crippen molar-refractivity contribution < 1.29 is 9.53 Å². The molecule has 2 rings (SSSR count). The molecule has 2 nitrogen and oxygen atoms in total. The van der Waals surface area contributed by atoms with Gasteiger partial charge in [0.2, 0.25) is 0 Å². The van der Waals surface area contributed by atoms with Crippen LogP contribution in [-0.4, -0.2) is 12.9 Å². The summed E-state index contributed by atoms with van der Waals surface area (Å²) in [6, 6.07) is 13.6. The van der Waals surface area contributed by atoms with E-state index in [0.29, 0.717) is 11.3 Å². The Kier molecular flexibility index (Phi) is 4.36. The fourth-order valence-electron chi connectivity index (χ4n) is 2.16. The number of hydrogen-bond acceptors (Lipinski definition) is 2. The highest BCUT2D eigenvalue weighted by Crippen LogP contribution is 2.22. The standard InChI is InChI=1S/C18H18O2/c1-13-6-4-8-15(12-13)10-11-16(19)18-14(2)7-5-9-17(18)20-3/h4-12H,1-3H3/b11-10+. The Balaban J connectivity index is 2.29. The maximum atomic E-state index is 12.3. The molecule has 2 aromatic carbocycles. The molecule has 0 heterocycles. The minimum absolute atomic E-state index is 0.0403. The second kappa shape index (κ2) is 6.20. The Morgan fingerprint density at radius 2 is 1.85 bits per heavy atom. The van der Waals surface area contributed by atoms with Crippen LogP contribution in [0.15, 0.2) is 48.5 Å². The van der Waals surface area contributed by atoms with Gasteiger partial charge in [0.05, 0.1) is 12.7 Å². The molecule has 0 saturated heterocycles. The average Bonchev–Trinajstić information content (AvgIpc) is 2.44. The molecule has 0 fully saturated rings. The van der Waals surface area contributed by atoms with Crippen molar-refractivity contribution in [3.05, 3.63) is 70.8 Å². The van der Waals surface area contributed by atoms with Crippen molar-refractivity contribution >= 4 is 11.9 Å². The lowest BCUT2D eigenvalue weighted by molar-refractivity contribution is 0.104. The molecular weight excluding hydrogens is 248 g/mol. The second-order valence-electron chi connectivity index (χ2n) is 4.76. The van der Waals surface area contributed by atoms with Crippen LogP contribution in [0.5, 0.6) is 5.75 Å². The van der Waals surface area contributed by atoms with Crippen molar-refractivity contribution in [2.24, 2.45) is 0 Å². The van der Waals surface area contributed by atoms with Gasteiger partial charge in [0.1, 0.15) is 5.75 Å². The summed E-state index contributed by atoms with van der Waals surface area (Å²) in [5.74, 6) is 0.574. The summed E-state index contributed by atoms with van der Waals surface area (Å²) >= 11 is 0. The first-order valence-corrected chi connectivity index (χ1v) is 6.54. The molecule has 0 unspecified atom stereocenters. The van der Waals surface area contributed by atoms with Gasteiger partial charge in [-0.3, -0.25) is 4.79 Å². The van der Waals surface area contributed by atoms with Crippen LogP contribution in [0.4, 0.5) is 0 Å². The Hall–Kier alpha value is -2.35. The van der Waals surface area contributed by atoms with Crippen LogP contribution in [0.2, 0.25) is 0 Å². The van der Waals surface area contributed by atoms with Gasteiger partial charge in [-0.2, -0.15) is 0 Å². The minimum atomic E-state index is -0.0403. The predicted octanol–water partition coefficient (Wildman–Crippen LogP) is 4.21. The number of ether oxygens (including phenoxy) is 1. The summed E-state index contributed by atoms with van der Waals surface area (Å²) in [5.41, 5.74) is 3.74. The molecule has 0 aliphatic heterocycles. The van der Waals surface area contributed by atoms with E-state index < -0.39 is 0 Å². The molecule has 20 heavy (non-hydrogen) atoms. The molecule has 102 valence electrons. The van der Waals surface area contributed by atoms with E-state index in [1.54, 1.807) is 19.3 Å². The molecule has 0 radical (unpaired) electrons. The fraction of sp³-hybridized carbons (Fsp3) is 0.167. The Morgan fingerprint density at radius 1 is 1.10 bits per heavy atom. The first kappa shape index (κ1) is 14.1. The van der Waals surface area contributed by atoms with E-state index in [0.717, 1.165) is 11.1 Å². The van der Waals surface area contributed by atoms with Crippen molar-refractivity contribution in [2.45, 2.75) is 13.8 Å². The molecular formula is C18H18O2. The van der Waals surface area contributed by atoms with Gasteiger partial charge >= 0.3 is 0 Å². The fourth-order valence-corrected chi connectivity index (χ4v) is 2.16. The molecule has 2 heteroatoms. The van der Waals surface area contributed by atoms with E-state index in [9.17, 15) is 4.79 Å². The quantitative estimate of drug-likeness (QED) is 0.612. The average molecular weight is 266 g/mol. The van der Waals surface area contributed by atoms with Gasteiger partial charge in [-0.1, -0.05) is 48.0 Å². The topological polar surface area (TPSA) is 26.3 Å². The van der Waals surface area contributed by atoms with Crippen LogP contribution in [0.3, 0.4) is 0 Å². The first-order valence-electron chi connectivity index (χ1n) is 6.54. The van der Waals surface area contributed by atoms with Crippen molar-refractivity contribution in [2.75, 3.05) is 7.11 Å². The van der Waals surface area contributed by atoms with Crippen LogP contribution in [0, 0.1) is 13.8 Å².